The van der Waals surface area contributed by atoms with Crippen LogP contribution in [0.5, 0.6) is 0 Å². The van der Waals surface area contributed by atoms with E-state index in [1.165, 1.54) is 32.4 Å². The summed E-state index contributed by atoms with van der Waals surface area (Å²) in [6, 6.07) is 2.84. The minimum Gasteiger partial charge on any atom is -0.370 e. The first-order chi connectivity index (χ1) is 8.70. The molecule has 3 N–H and O–H groups in total. The highest BCUT2D eigenvalue weighted by Gasteiger charge is 2.34. The first-order valence-corrected chi connectivity index (χ1v) is 6.80. The fourth-order valence-corrected chi connectivity index (χ4v) is 2.73. The molecule has 5 nitrogen and oxygen atoms in total. The van der Waals surface area contributed by atoms with Gasteiger partial charge in [0.25, 0.3) is 0 Å². The van der Waals surface area contributed by atoms with Crippen molar-refractivity contribution in [3.8, 4) is 0 Å². The molecule has 1 saturated heterocycles. The van der Waals surface area contributed by atoms with Crippen molar-refractivity contribution in [3.63, 3.8) is 0 Å². The van der Waals surface area contributed by atoms with Crippen LogP contribution in [0.4, 0.5) is 11.8 Å². The summed E-state index contributed by atoms with van der Waals surface area (Å²) in [7, 11) is 0. The Labute approximate surface area is 108 Å². The number of anilines is 2. The second-order valence-electron chi connectivity index (χ2n) is 5.51. The molecular formula is C13H21N5. The van der Waals surface area contributed by atoms with Crippen molar-refractivity contribution < 1.29 is 0 Å². The Morgan fingerprint density at radius 2 is 2.22 bits per heavy atom. The average molecular weight is 247 g/mol. The molecule has 18 heavy (non-hydrogen) atoms. The van der Waals surface area contributed by atoms with Gasteiger partial charge in [0.05, 0.1) is 0 Å². The van der Waals surface area contributed by atoms with Gasteiger partial charge in [0, 0.05) is 30.9 Å². The van der Waals surface area contributed by atoms with Crippen molar-refractivity contribution in [2.75, 3.05) is 30.7 Å². The minimum absolute atomic E-state index is 0.350. The second kappa shape index (κ2) is 4.72. The summed E-state index contributed by atoms with van der Waals surface area (Å²) in [6.07, 6.45) is 4.10. The number of nitrogens with one attached hydrogen (secondary N) is 1. The summed E-state index contributed by atoms with van der Waals surface area (Å²) < 4.78 is 0. The molecule has 1 atom stereocenters. The van der Waals surface area contributed by atoms with Crippen LogP contribution in [0.15, 0.2) is 6.07 Å². The van der Waals surface area contributed by atoms with Crippen molar-refractivity contribution in [2.24, 2.45) is 5.92 Å². The van der Waals surface area contributed by atoms with Crippen LogP contribution in [0.1, 0.15) is 25.0 Å². The summed E-state index contributed by atoms with van der Waals surface area (Å²) in [5.74, 6) is 1.94. The molecule has 0 radical (unpaired) electrons. The lowest BCUT2D eigenvalue weighted by molar-refractivity contribution is 0.316. The van der Waals surface area contributed by atoms with Gasteiger partial charge in [-0.25, -0.2) is 4.98 Å². The van der Waals surface area contributed by atoms with Gasteiger partial charge in [0.15, 0.2) is 0 Å². The van der Waals surface area contributed by atoms with Gasteiger partial charge in [-0.1, -0.05) is 0 Å². The van der Waals surface area contributed by atoms with Crippen LogP contribution >= 0.6 is 0 Å². The Kier molecular flexibility index (Phi) is 3.07. The topological polar surface area (TPSA) is 67.1 Å². The van der Waals surface area contributed by atoms with E-state index in [1.807, 2.05) is 13.0 Å². The number of rotatable bonds is 4. The van der Waals surface area contributed by atoms with E-state index in [-0.39, 0.29) is 0 Å². The van der Waals surface area contributed by atoms with Gasteiger partial charge in [0.1, 0.15) is 5.82 Å². The standard InChI is InChI=1S/C13H21N5/c1-9-6-12(17-13(14)16-9)15-7-10-4-5-18(8-10)11-2-3-11/h6,10-11H,2-5,7-8H2,1H3,(H3,14,15,16,17). The molecule has 1 saturated carbocycles. The summed E-state index contributed by atoms with van der Waals surface area (Å²) in [5.41, 5.74) is 6.56. The molecule has 1 aliphatic carbocycles. The first kappa shape index (κ1) is 11.7. The molecule has 0 spiro atoms. The summed E-state index contributed by atoms with van der Waals surface area (Å²) >= 11 is 0. The van der Waals surface area contributed by atoms with Crippen LogP contribution in [0.25, 0.3) is 0 Å². The van der Waals surface area contributed by atoms with E-state index in [2.05, 4.69) is 20.2 Å². The highest BCUT2D eigenvalue weighted by Crippen LogP contribution is 2.31. The highest BCUT2D eigenvalue weighted by molar-refractivity contribution is 5.40. The molecule has 98 valence electrons. The normalized spacial score (nSPS) is 24.4. The van der Waals surface area contributed by atoms with Gasteiger partial charge in [-0.05, 0) is 38.6 Å². The Hall–Kier alpha value is -1.36. The van der Waals surface area contributed by atoms with Crippen LogP contribution in [-0.2, 0) is 0 Å². The summed E-state index contributed by atoms with van der Waals surface area (Å²) in [5, 5.41) is 3.39. The molecule has 1 aliphatic heterocycles. The fourth-order valence-electron chi connectivity index (χ4n) is 2.73. The Morgan fingerprint density at radius 3 is 2.94 bits per heavy atom. The maximum atomic E-state index is 5.64. The Morgan fingerprint density at radius 1 is 1.39 bits per heavy atom. The van der Waals surface area contributed by atoms with Crippen LogP contribution < -0.4 is 11.1 Å². The first-order valence-electron chi connectivity index (χ1n) is 6.80. The summed E-state index contributed by atoms with van der Waals surface area (Å²) in [6.45, 7) is 5.42. The van der Waals surface area contributed by atoms with E-state index >= 15 is 0 Å². The monoisotopic (exact) mass is 247 g/mol. The third-order valence-electron chi connectivity index (χ3n) is 3.82. The number of aromatic nitrogens is 2. The number of hydrogen-bond acceptors (Lipinski definition) is 5. The van der Waals surface area contributed by atoms with Gasteiger partial charge < -0.3 is 16.0 Å². The maximum absolute atomic E-state index is 5.64. The van der Waals surface area contributed by atoms with Crippen LogP contribution in [0.3, 0.4) is 0 Å². The molecule has 2 aliphatic rings. The van der Waals surface area contributed by atoms with E-state index in [0.717, 1.165) is 30.0 Å². The number of nitrogens with zero attached hydrogens (tertiary/aromatic N) is 3. The number of aryl methyl sites for hydroxylation is 1. The van der Waals surface area contributed by atoms with Gasteiger partial charge >= 0.3 is 0 Å². The van der Waals surface area contributed by atoms with E-state index in [1.54, 1.807) is 0 Å². The molecule has 3 rings (SSSR count). The minimum atomic E-state index is 0.350. The third kappa shape index (κ3) is 2.72. The lowest BCUT2D eigenvalue weighted by Gasteiger charge is -2.15. The lowest BCUT2D eigenvalue weighted by Crippen LogP contribution is -2.25. The van der Waals surface area contributed by atoms with Crippen LogP contribution in [0.2, 0.25) is 0 Å². The quantitative estimate of drug-likeness (QED) is 0.838. The van der Waals surface area contributed by atoms with Gasteiger partial charge in [-0.3, -0.25) is 0 Å². The molecule has 5 heteroatoms. The smallest absolute Gasteiger partial charge is 0.222 e. The van der Waals surface area contributed by atoms with Crippen molar-refractivity contribution in [1.29, 1.82) is 0 Å². The van der Waals surface area contributed by atoms with Gasteiger partial charge in [-0.15, -0.1) is 0 Å². The summed E-state index contributed by atoms with van der Waals surface area (Å²) in [4.78, 5) is 10.9. The molecular weight excluding hydrogens is 226 g/mol. The third-order valence-corrected chi connectivity index (χ3v) is 3.82. The molecule has 2 fully saturated rings. The van der Waals surface area contributed by atoms with Crippen molar-refractivity contribution in [3.05, 3.63) is 11.8 Å². The van der Waals surface area contributed by atoms with Gasteiger partial charge in [-0.2, -0.15) is 4.98 Å². The number of hydrogen-bond donors (Lipinski definition) is 2. The predicted molar refractivity (Wildman–Crippen MR) is 72.4 cm³/mol. The molecule has 1 aromatic rings. The zero-order valence-electron chi connectivity index (χ0n) is 10.9. The van der Waals surface area contributed by atoms with E-state index in [4.69, 9.17) is 5.73 Å². The fraction of sp³-hybridized carbons (Fsp3) is 0.692. The predicted octanol–water partition coefficient (Wildman–Crippen LogP) is 1.26. The molecule has 0 aromatic carbocycles. The van der Waals surface area contributed by atoms with E-state index in [9.17, 15) is 0 Å². The Balaban J connectivity index is 1.51. The molecule has 2 heterocycles. The lowest BCUT2D eigenvalue weighted by atomic mass is 10.1. The van der Waals surface area contributed by atoms with Crippen molar-refractivity contribution in [2.45, 2.75) is 32.2 Å². The zero-order chi connectivity index (χ0) is 12.5. The molecule has 1 aromatic heterocycles. The van der Waals surface area contributed by atoms with Crippen molar-refractivity contribution in [1.82, 2.24) is 14.9 Å². The molecule has 0 bridgehead atoms. The Bertz CT molecular complexity index is 409. The van der Waals surface area contributed by atoms with Gasteiger partial charge in [0.2, 0.25) is 5.95 Å². The van der Waals surface area contributed by atoms with Crippen LogP contribution in [-0.4, -0.2) is 40.5 Å². The van der Waals surface area contributed by atoms with Crippen molar-refractivity contribution >= 4 is 11.8 Å². The second-order valence-corrected chi connectivity index (χ2v) is 5.51. The number of nitrogen functional groups attached to an aromatic ring is 1. The largest absolute Gasteiger partial charge is 0.370 e. The maximum Gasteiger partial charge on any atom is 0.222 e. The molecule has 1 unspecified atom stereocenters. The van der Waals surface area contributed by atoms with Crippen LogP contribution in [0, 0.1) is 12.8 Å². The average Bonchev–Trinajstić information content (AvgIpc) is 3.05. The highest BCUT2D eigenvalue weighted by atomic mass is 15.2. The SMILES string of the molecule is Cc1cc(NCC2CCN(C3CC3)C2)nc(N)n1. The van der Waals surface area contributed by atoms with E-state index in [0.29, 0.717) is 5.95 Å². The zero-order valence-corrected chi connectivity index (χ0v) is 10.9. The number of nitrogens with two attached hydrogens (primary N) is 1. The van der Waals surface area contributed by atoms with E-state index < -0.39 is 0 Å². The number of likely N-dealkylation sites (tertiary alicyclic amines) is 1. The molecule has 0 amide bonds.